The molecule has 0 radical (unpaired) electrons. The number of likely N-dealkylation sites (N-methyl/N-ethyl adjacent to an activating group) is 1. The van der Waals surface area contributed by atoms with Gasteiger partial charge >= 0.3 is 5.97 Å². The van der Waals surface area contributed by atoms with E-state index in [1.807, 2.05) is 27.7 Å². The minimum atomic E-state index is -1.10. The average Bonchev–Trinajstić information content (AvgIpc) is 3.35. The summed E-state index contributed by atoms with van der Waals surface area (Å²) in [6, 6.07) is -2.22. The van der Waals surface area contributed by atoms with Crippen LogP contribution in [-0.4, -0.2) is 89.4 Å². The number of carbonyl (C=O) groups excluding carboxylic acids is 4. The number of hydrogen-bond donors (Lipinski definition) is 2. The Hall–Kier alpha value is -2.14. The second-order valence-electron chi connectivity index (χ2n) is 13.0. The highest BCUT2D eigenvalue weighted by molar-refractivity contribution is 8.14. The van der Waals surface area contributed by atoms with Crippen molar-refractivity contribution in [3.05, 3.63) is 0 Å². The van der Waals surface area contributed by atoms with Crippen LogP contribution in [-0.2, 0) is 28.7 Å². The zero-order valence-electron chi connectivity index (χ0n) is 27.5. The third-order valence-corrected chi connectivity index (χ3v) is 10.3. The molecule has 2 rings (SSSR count). The number of nitrogens with zero attached hydrogens (tertiary/aromatic N) is 2. The predicted octanol–water partition coefficient (Wildman–Crippen LogP) is 3.96. The Kier molecular flexibility index (Phi) is 12.9. The first-order valence-corrected chi connectivity index (χ1v) is 16.4. The number of methoxy groups -OCH3 is 1. The molecule has 0 aliphatic carbocycles. The molecule has 0 aromatic heterocycles. The van der Waals surface area contributed by atoms with Crippen molar-refractivity contribution in [2.24, 2.45) is 22.2 Å². The lowest BCUT2D eigenvalue weighted by Gasteiger charge is -2.38. The summed E-state index contributed by atoms with van der Waals surface area (Å²) < 4.78 is 11.7. The van der Waals surface area contributed by atoms with E-state index in [0.29, 0.717) is 23.6 Å². The molecule has 0 fully saturated rings. The summed E-state index contributed by atoms with van der Waals surface area (Å²) in [5, 5.41) is 6.52. The number of aliphatic imine (C=N–C) groups is 1. The Bertz CT molecular complexity index is 1020. The van der Waals surface area contributed by atoms with Crippen LogP contribution in [0.1, 0.15) is 94.4 Å². The molecule has 10 nitrogen and oxygen atoms in total. The molecular formula is C31H54N4O6S. The number of cyclic esters (lactones) is 1. The summed E-state index contributed by atoms with van der Waals surface area (Å²) in [6.45, 7) is 16.7. The van der Waals surface area contributed by atoms with Gasteiger partial charge in [0.1, 0.15) is 23.7 Å². The van der Waals surface area contributed by atoms with Crippen molar-refractivity contribution < 1.29 is 28.7 Å². The fraction of sp³-hybridized carbons (Fsp3) is 0.839. The largest absolute Gasteiger partial charge is 0.459 e. The number of hydrogen-bond acceptors (Lipinski definition) is 8. The van der Waals surface area contributed by atoms with Crippen LogP contribution in [0.15, 0.2) is 4.99 Å². The Morgan fingerprint density at radius 3 is 2.24 bits per heavy atom. The van der Waals surface area contributed by atoms with Gasteiger partial charge in [-0.25, -0.2) is 4.79 Å². The van der Waals surface area contributed by atoms with Gasteiger partial charge in [0.25, 0.3) is 5.91 Å². The van der Waals surface area contributed by atoms with E-state index < -0.39 is 47.1 Å². The van der Waals surface area contributed by atoms with Gasteiger partial charge < -0.3 is 25.0 Å². The average molecular weight is 611 g/mol. The van der Waals surface area contributed by atoms with E-state index in [0.717, 1.165) is 19.3 Å². The SMILES string of the molecule is CCCC(CCC(C)C1OC(=O)[C@H](C)NC(=O)[C@H]([C@@H](C)CC)N(C)C(=O)[C@]2(C)CSC(=N2)[C@H](C)NC(=O)C1(C)C)OC. The van der Waals surface area contributed by atoms with Crippen molar-refractivity contribution in [1.29, 1.82) is 0 Å². The fourth-order valence-electron chi connectivity index (χ4n) is 5.83. The monoisotopic (exact) mass is 610 g/mol. The van der Waals surface area contributed by atoms with Crippen LogP contribution < -0.4 is 10.6 Å². The Balaban J connectivity index is 2.53. The van der Waals surface area contributed by atoms with E-state index >= 15 is 0 Å². The van der Waals surface area contributed by atoms with Crippen molar-refractivity contribution in [2.45, 2.75) is 130 Å². The van der Waals surface area contributed by atoms with Crippen LogP contribution in [0.4, 0.5) is 0 Å². The molecule has 2 aliphatic rings. The summed E-state index contributed by atoms with van der Waals surface area (Å²) in [5.74, 6) is -1.53. The standard InChI is InChI=1S/C31H54N4O6S/c1-12-14-22(40-11)16-15-19(4)24-30(7,8)28(38)33-20(5)26-34-31(9,17-42-26)29(39)35(10)23(18(3)13-2)25(36)32-21(6)27(37)41-24/h18-24H,12-17H2,1-11H3,(H,32,36)(H,33,38)/t18-,19?,20-,21-,22?,23-,24?,31-/m0/s1. The molecule has 2 N–H and O–H groups in total. The van der Waals surface area contributed by atoms with Gasteiger partial charge in [0, 0.05) is 19.9 Å². The zero-order valence-corrected chi connectivity index (χ0v) is 28.4. The fourth-order valence-corrected chi connectivity index (χ4v) is 7.03. The maximum absolute atomic E-state index is 13.8. The molecule has 0 aromatic rings. The Morgan fingerprint density at radius 1 is 1.02 bits per heavy atom. The smallest absolute Gasteiger partial charge is 0.328 e. The van der Waals surface area contributed by atoms with Crippen molar-refractivity contribution in [3.63, 3.8) is 0 Å². The van der Waals surface area contributed by atoms with Crippen LogP contribution >= 0.6 is 11.8 Å². The highest BCUT2D eigenvalue weighted by Gasteiger charge is 2.47. The molecule has 0 aromatic carbocycles. The first-order valence-electron chi connectivity index (χ1n) is 15.4. The number of amides is 3. The van der Waals surface area contributed by atoms with E-state index in [4.69, 9.17) is 14.5 Å². The summed E-state index contributed by atoms with van der Waals surface area (Å²) in [7, 11) is 3.32. The molecule has 0 saturated heterocycles. The minimum absolute atomic E-state index is 0.0819. The molecule has 2 aliphatic heterocycles. The van der Waals surface area contributed by atoms with Crippen molar-refractivity contribution >= 4 is 40.5 Å². The molecule has 2 heterocycles. The van der Waals surface area contributed by atoms with Gasteiger partial charge in [-0.1, -0.05) is 40.5 Å². The number of nitrogens with one attached hydrogen (secondary N) is 2. The van der Waals surface area contributed by atoms with Crippen LogP contribution in [0, 0.1) is 17.3 Å². The quantitative estimate of drug-likeness (QED) is 0.379. The summed E-state index contributed by atoms with van der Waals surface area (Å²) in [5.41, 5.74) is -2.18. The van der Waals surface area contributed by atoms with E-state index in [1.54, 1.807) is 41.9 Å². The van der Waals surface area contributed by atoms with Gasteiger partial charge in [-0.3, -0.25) is 19.4 Å². The minimum Gasteiger partial charge on any atom is -0.459 e. The maximum Gasteiger partial charge on any atom is 0.328 e. The van der Waals surface area contributed by atoms with Crippen molar-refractivity contribution in [3.8, 4) is 0 Å². The number of carbonyl (C=O) groups is 4. The lowest BCUT2D eigenvalue weighted by atomic mass is 9.77. The normalized spacial score (nSPS) is 31.5. The van der Waals surface area contributed by atoms with Crippen molar-refractivity contribution in [2.75, 3.05) is 19.9 Å². The van der Waals surface area contributed by atoms with Crippen LogP contribution in [0.2, 0.25) is 0 Å². The number of ether oxygens (including phenoxy) is 2. The summed E-state index contributed by atoms with van der Waals surface area (Å²) in [6.07, 6.45) is 3.35. The maximum atomic E-state index is 13.8. The molecule has 0 spiro atoms. The second-order valence-corrected chi connectivity index (χ2v) is 14.0. The third-order valence-electron chi connectivity index (χ3n) is 8.88. The summed E-state index contributed by atoms with van der Waals surface area (Å²) in [4.78, 5) is 60.9. The van der Waals surface area contributed by atoms with Crippen LogP contribution in [0.3, 0.4) is 0 Å². The lowest BCUT2D eigenvalue weighted by molar-refractivity contribution is -0.167. The second kappa shape index (κ2) is 15.0. The van der Waals surface area contributed by atoms with Gasteiger partial charge in [-0.05, 0) is 65.7 Å². The highest BCUT2D eigenvalue weighted by Crippen LogP contribution is 2.35. The third kappa shape index (κ3) is 8.27. The van der Waals surface area contributed by atoms with E-state index in [2.05, 4.69) is 17.6 Å². The number of thioether (sulfide) groups is 1. The van der Waals surface area contributed by atoms with Crippen molar-refractivity contribution in [1.82, 2.24) is 15.5 Å². The Labute approximate surface area is 256 Å². The van der Waals surface area contributed by atoms with Gasteiger partial charge in [0.15, 0.2) is 0 Å². The molecule has 2 bridgehead atoms. The molecule has 11 heteroatoms. The topological polar surface area (TPSA) is 126 Å². The first-order chi connectivity index (χ1) is 19.5. The van der Waals surface area contributed by atoms with Gasteiger partial charge in [0.2, 0.25) is 11.8 Å². The van der Waals surface area contributed by atoms with Gasteiger partial charge in [-0.2, -0.15) is 0 Å². The van der Waals surface area contributed by atoms with Gasteiger partial charge in [-0.15, -0.1) is 11.8 Å². The number of fused-ring (bicyclic) bond motifs is 1. The number of esters is 1. The van der Waals surface area contributed by atoms with E-state index in [9.17, 15) is 19.2 Å². The van der Waals surface area contributed by atoms with Crippen LogP contribution in [0.5, 0.6) is 0 Å². The molecule has 0 saturated carbocycles. The lowest BCUT2D eigenvalue weighted by Crippen LogP contribution is -2.58. The van der Waals surface area contributed by atoms with Crippen LogP contribution in [0.25, 0.3) is 0 Å². The first kappa shape index (κ1) is 36.1. The number of rotatable bonds is 9. The molecule has 240 valence electrons. The zero-order chi connectivity index (χ0) is 32.0. The molecular weight excluding hydrogens is 556 g/mol. The molecule has 8 atom stereocenters. The molecule has 3 amide bonds. The summed E-state index contributed by atoms with van der Waals surface area (Å²) >= 11 is 1.44. The Morgan fingerprint density at radius 2 is 1.67 bits per heavy atom. The highest BCUT2D eigenvalue weighted by atomic mass is 32.2. The van der Waals surface area contributed by atoms with E-state index in [1.165, 1.54) is 16.7 Å². The molecule has 3 unspecified atom stereocenters. The van der Waals surface area contributed by atoms with E-state index in [-0.39, 0.29) is 29.8 Å². The molecule has 42 heavy (non-hydrogen) atoms. The van der Waals surface area contributed by atoms with Gasteiger partial charge in [0.05, 0.1) is 22.6 Å². The predicted molar refractivity (Wildman–Crippen MR) is 167 cm³/mol.